The number of esters is 1. The number of benzene rings is 1. The first-order valence-electron chi connectivity index (χ1n) is 9.73. The Morgan fingerprint density at radius 3 is 2.63 bits per heavy atom. The van der Waals surface area contributed by atoms with Crippen LogP contribution < -0.4 is 4.74 Å². The highest BCUT2D eigenvalue weighted by Gasteiger charge is 2.53. The van der Waals surface area contributed by atoms with E-state index in [0.29, 0.717) is 12.3 Å². The lowest BCUT2D eigenvalue weighted by Gasteiger charge is -2.49. The zero-order valence-electron chi connectivity index (χ0n) is 17.0. The Balaban J connectivity index is 2.10. The van der Waals surface area contributed by atoms with Gasteiger partial charge in [-0.3, -0.25) is 9.59 Å². The third-order valence-electron chi connectivity index (χ3n) is 6.47. The molecule has 1 fully saturated rings. The molecule has 0 unspecified atom stereocenters. The molecule has 5 nitrogen and oxygen atoms in total. The van der Waals surface area contributed by atoms with Gasteiger partial charge in [-0.1, -0.05) is 32.9 Å². The molecule has 0 radical (unpaired) electrons. The third kappa shape index (κ3) is 3.27. The van der Waals surface area contributed by atoms with Gasteiger partial charge < -0.3 is 14.2 Å². The maximum Gasteiger partial charge on any atom is 0.316 e. The molecular formula is C22H30O5. The minimum absolute atomic E-state index is 0.0161. The second-order valence-corrected chi connectivity index (χ2v) is 8.25. The van der Waals surface area contributed by atoms with Crippen LogP contribution in [-0.4, -0.2) is 32.8 Å². The molecule has 27 heavy (non-hydrogen) atoms. The molecule has 2 aliphatic carbocycles. The van der Waals surface area contributed by atoms with Gasteiger partial charge in [-0.05, 0) is 53.2 Å². The van der Waals surface area contributed by atoms with Crippen molar-refractivity contribution in [2.45, 2.75) is 57.8 Å². The van der Waals surface area contributed by atoms with E-state index in [-0.39, 0.29) is 23.9 Å². The molecule has 3 atom stereocenters. The maximum atomic E-state index is 12.5. The van der Waals surface area contributed by atoms with Crippen LogP contribution in [0.1, 0.15) is 62.6 Å². The smallest absolute Gasteiger partial charge is 0.316 e. The van der Waals surface area contributed by atoms with Gasteiger partial charge in [-0.15, -0.1) is 0 Å². The van der Waals surface area contributed by atoms with E-state index < -0.39 is 11.9 Å². The van der Waals surface area contributed by atoms with E-state index in [0.717, 1.165) is 25.0 Å². The molecule has 0 bridgehead atoms. The largest absolute Gasteiger partial charge is 0.468 e. The Morgan fingerprint density at radius 1 is 1.26 bits per heavy atom. The summed E-state index contributed by atoms with van der Waals surface area (Å²) in [6.07, 6.45) is 2.73. The predicted octanol–water partition coefficient (Wildman–Crippen LogP) is 3.76. The average Bonchev–Trinajstić information content (AvgIpc) is 2.65. The maximum absolute atomic E-state index is 12.5. The van der Waals surface area contributed by atoms with Crippen LogP contribution in [0.15, 0.2) is 12.1 Å². The number of Topliss-reactive ketones (excluding diaryl/α,β-unsaturated/α-hetero) is 1. The lowest BCUT2D eigenvalue weighted by Crippen LogP contribution is -2.50. The molecule has 0 saturated heterocycles. The molecular weight excluding hydrogens is 344 g/mol. The van der Waals surface area contributed by atoms with Crippen molar-refractivity contribution in [3.8, 4) is 5.75 Å². The lowest BCUT2D eigenvalue weighted by atomic mass is 9.54. The first kappa shape index (κ1) is 19.9. The normalized spacial score (nSPS) is 27.1. The molecule has 1 aromatic carbocycles. The lowest BCUT2D eigenvalue weighted by molar-refractivity contribution is -0.155. The van der Waals surface area contributed by atoms with E-state index in [2.05, 4.69) is 32.9 Å². The molecule has 148 valence electrons. The monoisotopic (exact) mass is 374 g/mol. The van der Waals surface area contributed by atoms with Gasteiger partial charge in [-0.2, -0.15) is 0 Å². The van der Waals surface area contributed by atoms with Gasteiger partial charge >= 0.3 is 5.97 Å². The number of carbonyl (C=O) groups excluding carboxylic acids is 2. The number of carbonyl (C=O) groups is 2. The van der Waals surface area contributed by atoms with Gasteiger partial charge in [0, 0.05) is 13.5 Å². The minimum Gasteiger partial charge on any atom is -0.468 e. The minimum atomic E-state index is -0.657. The van der Waals surface area contributed by atoms with Crippen LogP contribution >= 0.6 is 0 Å². The number of fused-ring (bicyclic) bond motifs is 3. The molecule has 3 rings (SSSR count). The van der Waals surface area contributed by atoms with Crippen molar-refractivity contribution in [3.63, 3.8) is 0 Å². The summed E-state index contributed by atoms with van der Waals surface area (Å²) < 4.78 is 16.1. The van der Waals surface area contributed by atoms with E-state index in [4.69, 9.17) is 14.2 Å². The molecule has 0 aromatic heterocycles. The van der Waals surface area contributed by atoms with Crippen molar-refractivity contribution in [1.82, 2.24) is 0 Å². The van der Waals surface area contributed by atoms with Crippen LogP contribution in [0.25, 0.3) is 0 Å². The first-order valence-corrected chi connectivity index (χ1v) is 9.73. The molecule has 0 amide bonds. The van der Waals surface area contributed by atoms with Crippen LogP contribution in [0.4, 0.5) is 0 Å². The fourth-order valence-corrected chi connectivity index (χ4v) is 5.03. The van der Waals surface area contributed by atoms with Crippen molar-refractivity contribution in [3.05, 3.63) is 28.8 Å². The van der Waals surface area contributed by atoms with Crippen molar-refractivity contribution in [1.29, 1.82) is 0 Å². The molecule has 0 spiro atoms. The highest BCUT2D eigenvalue weighted by Crippen LogP contribution is 2.53. The van der Waals surface area contributed by atoms with Gasteiger partial charge in [0.05, 0.1) is 7.11 Å². The summed E-state index contributed by atoms with van der Waals surface area (Å²) in [5.41, 5.74) is 3.34. The second-order valence-electron chi connectivity index (χ2n) is 8.25. The summed E-state index contributed by atoms with van der Waals surface area (Å²) in [6, 6.07) is 4.31. The van der Waals surface area contributed by atoms with Crippen molar-refractivity contribution in [2.75, 3.05) is 21.0 Å². The van der Waals surface area contributed by atoms with E-state index in [1.165, 1.54) is 23.8 Å². The van der Waals surface area contributed by atoms with Gasteiger partial charge in [0.25, 0.3) is 0 Å². The Kier molecular flexibility index (Phi) is 5.61. The molecule has 0 aliphatic heterocycles. The van der Waals surface area contributed by atoms with Gasteiger partial charge in [-0.25, -0.2) is 0 Å². The number of ether oxygens (including phenoxy) is 3. The van der Waals surface area contributed by atoms with Crippen LogP contribution in [0.3, 0.4) is 0 Å². The molecule has 0 heterocycles. The standard InChI is InChI=1S/C22H30O5/c1-13(2)14-6-8-16-15(20(14)27-12-25-4)7-9-17-19(21(24)26-5)18(23)10-11-22(16,17)3/h6,8,13,17,19H,7,9-12H2,1-5H3/t17-,19-,22+/m0/s1. The Morgan fingerprint density at radius 2 is 2.00 bits per heavy atom. The van der Waals surface area contributed by atoms with E-state index in [1.807, 2.05) is 0 Å². The van der Waals surface area contributed by atoms with Crippen molar-refractivity contribution >= 4 is 11.8 Å². The summed E-state index contributed by atoms with van der Waals surface area (Å²) in [5.74, 6) is 0.185. The summed E-state index contributed by atoms with van der Waals surface area (Å²) in [5, 5.41) is 0. The zero-order chi connectivity index (χ0) is 19.8. The van der Waals surface area contributed by atoms with Crippen LogP contribution in [0.2, 0.25) is 0 Å². The third-order valence-corrected chi connectivity index (χ3v) is 6.47. The second kappa shape index (κ2) is 7.63. The van der Waals surface area contributed by atoms with E-state index in [1.54, 1.807) is 7.11 Å². The van der Waals surface area contributed by atoms with E-state index in [9.17, 15) is 9.59 Å². The molecule has 1 saturated carbocycles. The molecule has 2 aliphatic rings. The number of rotatable bonds is 5. The van der Waals surface area contributed by atoms with Gasteiger partial charge in [0.15, 0.2) is 6.79 Å². The first-order chi connectivity index (χ1) is 12.8. The quantitative estimate of drug-likeness (QED) is 0.446. The van der Waals surface area contributed by atoms with Crippen LogP contribution in [-0.2, 0) is 30.9 Å². The van der Waals surface area contributed by atoms with Crippen LogP contribution in [0.5, 0.6) is 5.75 Å². The average molecular weight is 374 g/mol. The zero-order valence-corrected chi connectivity index (χ0v) is 17.0. The number of hydrogen-bond donors (Lipinski definition) is 0. The fourth-order valence-electron chi connectivity index (χ4n) is 5.03. The molecule has 1 aromatic rings. The summed E-state index contributed by atoms with van der Waals surface area (Å²) in [6.45, 7) is 6.70. The summed E-state index contributed by atoms with van der Waals surface area (Å²) in [7, 11) is 2.99. The number of ketones is 1. The molecule has 5 heteroatoms. The van der Waals surface area contributed by atoms with Crippen molar-refractivity contribution in [2.24, 2.45) is 11.8 Å². The summed E-state index contributed by atoms with van der Waals surface area (Å²) in [4.78, 5) is 24.9. The van der Waals surface area contributed by atoms with Crippen molar-refractivity contribution < 1.29 is 23.8 Å². The fraction of sp³-hybridized carbons (Fsp3) is 0.636. The predicted molar refractivity (Wildman–Crippen MR) is 102 cm³/mol. The van der Waals surface area contributed by atoms with Gasteiger partial charge in [0.2, 0.25) is 0 Å². The summed E-state index contributed by atoms with van der Waals surface area (Å²) >= 11 is 0. The van der Waals surface area contributed by atoms with Gasteiger partial charge in [0.1, 0.15) is 17.5 Å². The Hall–Kier alpha value is -1.88. The van der Waals surface area contributed by atoms with Crippen LogP contribution in [0, 0.1) is 11.8 Å². The molecule has 0 N–H and O–H groups in total. The van der Waals surface area contributed by atoms with E-state index >= 15 is 0 Å². The Bertz CT molecular complexity index is 730. The SMILES string of the molecule is COCOc1c(C(C)C)ccc2c1CC[C@H]1[C@H](C(=O)OC)C(=O)CC[C@]21C. The Labute approximate surface area is 161 Å². The number of methoxy groups -OCH3 is 2. The number of hydrogen-bond acceptors (Lipinski definition) is 5. The highest BCUT2D eigenvalue weighted by atomic mass is 16.7. The topological polar surface area (TPSA) is 61.8 Å². The highest BCUT2D eigenvalue weighted by molar-refractivity contribution is 6.00.